The highest BCUT2D eigenvalue weighted by Crippen LogP contribution is 2.23. The van der Waals surface area contributed by atoms with Crippen molar-refractivity contribution in [3.8, 4) is 6.07 Å². The first-order chi connectivity index (χ1) is 14.1. The molecule has 2 aromatic rings. The van der Waals surface area contributed by atoms with Crippen molar-refractivity contribution in [3.05, 3.63) is 47.0 Å². The topological polar surface area (TPSA) is 91.0 Å². The predicted molar refractivity (Wildman–Crippen MR) is 111 cm³/mol. The van der Waals surface area contributed by atoms with E-state index in [0.29, 0.717) is 42.4 Å². The first kappa shape index (κ1) is 20.6. The van der Waals surface area contributed by atoms with Crippen LogP contribution in [0.4, 0.5) is 5.69 Å². The summed E-state index contributed by atoms with van der Waals surface area (Å²) >= 11 is 0. The fourth-order valence-electron chi connectivity index (χ4n) is 3.74. The normalized spacial score (nSPS) is 12.7. The molecule has 7 nitrogen and oxygen atoms in total. The van der Waals surface area contributed by atoms with E-state index in [1.165, 1.54) is 0 Å². The Balaban J connectivity index is 1.92. The minimum absolute atomic E-state index is 0.109. The van der Waals surface area contributed by atoms with E-state index < -0.39 is 0 Å². The lowest BCUT2D eigenvalue weighted by Crippen LogP contribution is -2.35. The van der Waals surface area contributed by atoms with Crippen LogP contribution in [0.1, 0.15) is 71.9 Å². The number of nitriles is 1. The Morgan fingerprint density at radius 2 is 2.00 bits per heavy atom. The van der Waals surface area contributed by atoms with Crippen LogP contribution in [0.25, 0.3) is 0 Å². The maximum Gasteiger partial charge on any atom is 0.289 e. The molecule has 2 heterocycles. The molecule has 0 bridgehead atoms. The number of aromatic nitrogens is 2. The lowest BCUT2D eigenvalue weighted by molar-refractivity contribution is 0.0737. The van der Waals surface area contributed by atoms with E-state index >= 15 is 0 Å². The van der Waals surface area contributed by atoms with Gasteiger partial charge in [-0.15, -0.1) is 0 Å². The smallest absolute Gasteiger partial charge is 0.289 e. The maximum atomic E-state index is 13.1. The zero-order valence-electron chi connectivity index (χ0n) is 17.1. The molecule has 1 aliphatic rings. The second kappa shape index (κ2) is 9.37. The van der Waals surface area contributed by atoms with Crippen molar-refractivity contribution in [1.82, 2.24) is 14.5 Å². The van der Waals surface area contributed by atoms with Gasteiger partial charge in [0.25, 0.3) is 11.8 Å². The van der Waals surface area contributed by atoms with Gasteiger partial charge in [-0.05, 0) is 50.3 Å². The Morgan fingerprint density at radius 1 is 1.24 bits per heavy atom. The van der Waals surface area contributed by atoms with Crippen LogP contribution in [0.15, 0.2) is 24.3 Å². The van der Waals surface area contributed by atoms with Crippen LogP contribution in [0.3, 0.4) is 0 Å². The average Bonchev–Trinajstić information content (AvgIpc) is 3.13. The Labute approximate surface area is 171 Å². The molecular formula is C22H27N5O2. The maximum absolute atomic E-state index is 13.1. The van der Waals surface area contributed by atoms with Crippen molar-refractivity contribution in [2.24, 2.45) is 0 Å². The minimum Gasteiger partial charge on any atom is -0.336 e. The summed E-state index contributed by atoms with van der Waals surface area (Å²) in [5.41, 5.74) is 2.14. The summed E-state index contributed by atoms with van der Waals surface area (Å²) in [6.07, 6.45) is 4.42. The van der Waals surface area contributed by atoms with Crippen molar-refractivity contribution < 1.29 is 9.59 Å². The number of rotatable bonds is 7. The number of fused-ring (bicyclic) bond motifs is 1. The second-order valence-corrected chi connectivity index (χ2v) is 7.28. The van der Waals surface area contributed by atoms with Crippen LogP contribution >= 0.6 is 0 Å². The van der Waals surface area contributed by atoms with Crippen LogP contribution in [0, 0.1) is 11.3 Å². The second-order valence-electron chi connectivity index (χ2n) is 7.28. The van der Waals surface area contributed by atoms with Gasteiger partial charge in [-0.1, -0.05) is 19.9 Å². The van der Waals surface area contributed by atoms with Gasteiger partial charge in [0, 0.05) is 25.3 Å². The standard InChI is InChI=1S/C22H27N5O2/c1-3-11-26(12-4-2)22(29)20-25-19(18-10-5-6-13-27(18)20)21(28)24-17-9-7-8-16(14-17)15-23/h7-9,14H,3-6,10-13H2,1-2H3,(H,24,28). The minimum atomic E-state index is -0.345. The van der Waals surface area contributed by atoms with Gasteiger partial charge in [-0.2, -0.15) is 5.26 Å². The third kappa shape index (κ3) is 4.48. The van der Waals surface area contributed by atoms with Crippen molar-refractivity contribution >= 4 is 17.5 Å². The Kier molecular flexibility index (Phi) is 6.65. The van der Waals surface area contributed by atoms with Crippen LogP contribution < -0.4 is 5.32 Å². The number of nitrogens with zero attached hydrogens (tertiary/aromatic N) is 4. The molecule has 0 aliphatic carbocycles. The van der Waals surface area contributed by atoms with Crippen molar-refractivity contribution in [1.29, 1.82) is 5.26 Å². The van der Waals surface area contributed by atoms with Gasteiger partial charge in [-0.3, -0.25) is 9.59 Å². The summed E-state index contributed by atoms with van der Waals surface area (Å²) in [6, 6.07) is 8.82. The number of hydrogen-bond donors (Lipinski definition) is 1. The number of amides is 2. The van der Waals surface area contributed by atoms with E-state index in [0.717, 1.165) is 37.8 Å². The highest BCUT2D eigenvalue weighted by molar-refractivity contribution is 6.05. The van der Waals surface area contributed by atoms with Crippen LogP contribution in [0.5, 0.6) is 0 Å². The molecule has 0 spiro atoms. The fourth-order valence-corrected chi connectivity index (χ4v) is 3.74. The van der Waals surface area contributed by atoms with E-state index in [-0.39, 0.29) is 11.8 Å². The molecule has 0 saturated heterocycles. The van der Waals surface area contributed by atoms with E-state index in [1.807, 2.05) is 23.3 Å². The average molecular weight is 393 g/mol. The molecule has 0 fully saturated rings. The molecule has 29 heavy (non-hydrogen) atoms. The van der Waals surface area contributed by atoms with E-state index in [1.54, 1.807) is 24.3 Å². The molecular weight excluding hydrogens is 366 g/mol. The third-order valence-electron chi connectivity index (χ3n) is 5.05. The van der Waals surface area contributed by atoms with E-state index in [4.69, 9.17) is 5.26 Å². The zero-order chi connectivity index (χ0) is 20.8. The molecule has 0 atom stereocenters. The van der Waals surface area contributed by atoms with Gasteiger partial charge in [0.2, 0.25) is 0 Å². The van der Waals surface area contributed by atoms with Gasteiger partial charge >= 0.3 is 0 Å². The lowest BCUT2D eigenvalue weighted by atomic mass is 10.1. The van der Waals surface area contributed by atoms with Gasteiger partial charge < -0.3 is 14.8 Å². The number of imidazole rings is 1. The summed E-state index contributed by atoms with van der Waals surface area (Å²) < 4.78 is 1.92. The van der Waals surface area contributed by atoms with Crippen molar-refractivity contribution in [2.45, 2.75) is 52.5 Å². The summed E-state index contributed by atoms with van der Waals surface area (Å²) in [7, 11) is 0. The quantitative estimate of drug-likeness (QED) is 0.778. The van der Waals surface area contributed by atoms with Crippen LogP contribution in [-0.4, -0.2) is 39.4 Å². The molecule has 1 aliphatic heterocycles. The molecule has 0 radical (unpaired) electrons. The molecule has 1 N–H and O–H groups in total. The first-order valence-corrected chi connectivity index (χ1v) is 10.3. The van der Waals surface area contributed by atoms with Crippen LogP contribution in [0.2, 0.25) is 0 Å². The number of benzene rings is 1. The molecule has 0 unspecified atom stereocenters. The van der Waals surface area contributed by atoms with E-state index in [9.17, 15) is 9.59 Å². The SMILES string of the molecule is CCCN(CCC)C(=O)c1nc(C(=O)Nc2cccc(C#N)c2)c2n1CCCC2. The molecule has 1 aromatic carbocycles. The summed E-state index contributed by atoms with van der Waals surface area (Å²) in [6.45, 7) is 6.15. The number of nitrogens with one attached hydrogen (secondary N) is 1. The number of carbonyl (C=O) groups excluding carboxylic acids is 2. The van der Waals surface area contributed by atoms with Gasteiger partial charge in [0.1, 0.15) is 0 Å². The first-order valence-electron chi connectivity index (χ1n) is 10.3. The van der Waals surface area contributed by atoms with Crippen molar-refractivity contribution in [2.75, 3.05) is 18.4 Å². The summed E-state index contributed by atoms with van der Waals surface area (Å²) in [5, 5.41) is 11.9. The largest absolute Gasteiger partial charge is 0.336 e. The summed E-state index contributed by atoms with van der Waals surface area (Å²) in [4.78, 5) is 32.4. The highest BCUT2D eigenvalue weighted by Gasteiger charge is 2.29. The summed E-state index contributed by atoms with van der Waals surface area (Å²) in [5.74, 6) is -0.0952. The number of carbonyl (C=O) groups is 2. The van der Waals surface area contributed by atoms with E-state index in [2.05, 4.69) is 16.4 Å². The Morgan fingerprint density at radius 3 is 2.69 bits per heavy atom. The monoisotopic (exact) mass is 393 g/mol. The molecule has 2 amide bonds. The van der Waals surface area contributed by atoms with Gasteiger partial charge in [0.15, 0.2) is 11.5 Å². The highest BCUT2D eigenvalue weighted by atomic mass is 16.2. The molecule has 1 aromatic heterocycles. The Bertz CT molecular complexity index is 935. The Hall–Kier alpha value is -3.14. The molecule has 0 saturated carbocycles. The lowest BCUT2D eigenvalue weighted by Gasteiger charge is -2.23. The number of anilines is 1. The number of hydrogen-bond acceptors (Lipinski definition) is 4. The molecule has 3 rings (SSSR count). The molecule has 7 heteroatoms. The zero-order valence-corrected chi connectivity index (χ0v) is 17.1. The predicted octanol–water partition coefficient (Wildman–Crippen LogP) is 3.61. The van der Waals surface area contributed by atoms with Crippen LogP contribution in [-0.2, 0) is 13.0 Å². The molecule has 152 valence electrons. The van der Waals surface area contributed by atoms with Gasteiger partial charge in [0.05, 0.1) is 17.3 Å². The van der Waals surface area contributed by atoms with Gasteiger partial charge in [-0.25, -0.2) is 4.98 Å². The third-order valence-corrected chi connectivity index (χ3v) is 5.05. The fraction of sp³-hybridized carbons (Fsp3) is 0.455. The van der Waals surface area contributed by atoms with Crippen molar-refractivity contribution in [3.63, 3.8) is 0 Å².